The molecular formula is C26H31N5O3. The molecule has 1 aliphatic rings. The van der Waals surface area contributed by atoms with Crippen molar-refractivity contribution in [1.29, 1.82) is 0 Å². The number of amides is 1. The monoisotopic (exact) mass is 461 g/mol. The number of anilines is 1. The van der Waals surface area contributed by atoms with Gasteiger partial charge in [-0.3, -0.25) is 14.4 Å². The van der Waals surface area contributed by atoms with Crippen molar-refractivity contribution in [3.8, 4) is 0 Å². The molecule has 1 aromatic carbocycles. The van der Waals surface area contributed by atoms with Gasteiger partial charge in [0.05, 0.1) is 12.0 Å². The third-order valence-corrected chi connectivity index (χ3v) is 6.13. The topological polar surface area (TPSA) is 123 Å². The first-order chi connectivity index (χ1) is 16.2. The molecule has 0 atom stereocenters. The van der Waals surface area contributed by atoms with Crippen molar-refractivity contribution in [2.75, 3.05) is 5.32 Å². The van der Waals surface area contributed by atoms with E-state index < -0.39 is 11.1 Å². The Kier molecular flexibility index (Phi) is 6.68. The molecule has 1 aliphatic carbocycles. The van der Waals surface area contributed by atoms with Crippen LogP contribution >= 0.6 is 0 Å². The van der Waals surface area contributed by atoms with Crippen LogP contribution in [0, 0.1) is 5.92 Å². The maximum absolute atomic E-state index is 12.7. The Morgan fingerprint density at radius 2 is 1.71 bits per heavy atom. The Morgan fingerprint density at radius 1 is 1.03 bits per heavy atom. The number of hydrogen-bond donors (Lipinski definition) is 4. The molecule has 34 heavy (non-hydrogen) atoms. The van der Waals surface area contributed by atoms with Crippen molar-refractivity contribution in [2.45, 2.75) is 58.3 Å². The average Bonchev–Trinajstić information content (AvgIpc) is 3.27. The molecule has 0 saturated heterocycles. The average molecular weight is 462 g/mol. The van der Waals surface area contributed by atoms with E-state index in [1.807, 2.05) is 39.0 Å². The number of carbonyl (C=O) groups is 1. The summed E-state index contributed by atoms with van der Waals surface area (Å²) >= 11 is 0. The van der Waals surface area contributed by atoms with Crippen molar-refractivity contribution >= 4 is 23.7 Å². The van der Waals surface area contributed by atoms with Gasteiger partial charge in [0.2, 0.25) is 5.91 Å². The van der Waals surface area contributed by atoms with Crippen LogP contribution in [0.5, 0.6) is 0 Å². The van der Waals surface area contributed by atoms with Crippen molar-refractivity contribution in [3.05, 3.63) is 78.9 Å². The number of aromatic amines is 3. The third-order valence-electron chi connectivity index (χ3n) is 6.13. The molecule has 3 aromatic rings. The summed E-state index contributed by atoms with van der Waals surface area (Å²) in [5.74, 6) is 0.0914. The number of nitrogens with zero attached hydrogens (tertiary/aromatic N) is 1. The van der Waals surface area contributed by atoms with Gasteiger partial charge in [0.15, 0.2) is 0 Å². The summed E-state index contributed by atoms with van der Waals surface area (Å²) in [6.45, 7) is 6.11. The van der Waals surface area contributed by atoms with E-state index in [0.717, 1.165) is 31.4 Å². The second kappa shape index (κ2) is 9.67. The van der Waals surface area contributed by atoms with E-state index in [1.54, 1.807) is 24.5 Å². The molecule has 4 rings (SSSR count). The number of hydrogen-bond acceptors (Lipinski definition) is 4. The van der Waals surface area contributed by atoms with Crippen molar-refractivity contribution in [1.82, 2.24) is 19.9 Å². The molecule has 2 heterocycles. The predicted molar refractivity (Wildman–Crippen MR) is 133 cm³/mol. The van der Waals surface area contributed by atoms with Gasteiger partial charge >= 0.3 is 0 Å². The standard InChI is InChI=1S/C26H31N5O3/c1-26(2,3)22-19(27-15-28-22)14-21-25(34)30-20(24(33)31-21)13-16-8-7-11-18(12-16)29-23(32)17-9-5-4-6-10-17/h7-8,11-15,17H,4-6,9-10H2,1-3H3,(H,27,28)(H,29,32)(H,30,34)(H,31,33)/b20-13-,21-14-. The SMILES string of the molecule is CC(C)(C)c1[nH]cnc1/C=c1\[nH]c(=O)/c(=C/c2cccc(NC(=O)C3CCCCC3)c2)[nH]c1=O. The first-order valence-electron chi connectivity index (χ1n) is 11.7. The number of benzene rings is 1. The fourth-order valence-electron chi connectivity index (χ4n) is 4.33. The lowest BCUT2D eigenvalue weighted by Gasteiger charge is -2.20. The minimum Gasteiger partial charge on any atom is -0.348 e. The molecule has 0 spiro atoms. The summed E-state index contributed by atoms with van der Waals surface area (Å²) in [5, 5.41) is 3.25. The first kappa shape index (κ1) is 23.5. The van der Waals surface area contributed by atoms with Crippen LogP contribution in [-0.4, -0.2) is 25.8 Å². The molecule has 1 amide bonds. The van der Waals surface area contributed by atoms with Gasteiger partial charge in [0, 0.05) is 22.7 Å². The molecule has 0 unspecified atom stereocenters. The normalized spacial score (nSPS) is 16.1. The Labute approximate surface area is 197 Å². The zero-order valence-electron chi connectivity index (χ0n) is 19.8. The summed E-state index contributed by atoms with van der Waals surface area (Å²) in [5.41, 5.74) is 1.80. The van der Waals surface area contributed by atoms with Crippen molar-refractivity contribution < 1.29 is 4.79 Å². The molecule has 4 N–H and O–H groups in total. The van der Waals surface area contributed by atoms with Crippen LogP contribution in [-0.2, 0) is 10.2 Å². The van der Waals surface area contributed by atoms with Crippen LogP contribution in [0.1, 0.15) is 69.8 Å². The smallest absolute Gasteiger partial charge is 0.272 e. The lowest BCUT2D eigenvalue weighted by molar-refractivity contribution is -0.120. The van der Waals surface area contributed by atoms with Gasteiger partial charge in [-0.1, -0.05) is 52.2 Å². The van der Waals surface area contributed by atoms with Gasteiger partial charge in [0.1, 0.15) is 10.7 Å². The summed E-state index contributed by atoms with van der Waals surface area (Å²) < 4.78 is 0. The fourth-order valence-corrected chi connectivity index (χ4v) is 4.33. The molecule has 0 aliphatic heterocycles. The molecule has 0 radical (unpaired) electrons. The summed E-state index contributed by atoms with van der Waals surface area (Å²) in [7, 11) is 0. The highest BCUT2D eigenvalue weighted by atomic mass is 16.2. The van der Waals surface area contributed by atoms with Crippen LogP contribution in [0.25, 0.3) is 12.2 Å². The highest BCUT2D eigenvalue weighted by Gasteiger charge is 2.21. The van der Waals surface area contributed by atoms with Crippen LogP contribution in [0.3, 0.4) is 0 Å². The molecule has 0 bridgehead atoms. The maximum atomic E-state index is 12.7. The highest BCUT2D eigenvalue weighted by molar-refractivity contribution is 5.92. The summed E-state index contributed by atoms with van der Waals surface area (Å²) in [4.78, 5) is 50.6. The lowest BCUT2D eigenvalue weighted by atomic mass is 9.88. The molecule has 8 nitrogen and oxygen atoms in total. The first-order valence-corrected chi connectivity index (χ1v) is 11.7. The quantitative estimate of drug-likeness (QED) is 0.476. The molecule has 8 heteroatoms. The van der Waals surface area contributed by atoms with E-state index in [9.17, 15) is 14.4 Å². The second-order valence-electron chi connectivity index (χ2n) is 9.89. The Bertz CT molecular complexity index is 1420. The number of H-pyrrole nitrogens is 3. The van der Waals surface area contributed by atoms with Gasteiger partial charge < -0.3 is 20.3 Å². The number of aromatic nitrogens is 4. The van der Waals surface area contributed by atoms with Gasteiger partial charge in [-0.2, -0.15) is 0 Å². The minimum absolute atomic E-state index is 0.0380. The maximum Gasteiger partial charge on any atom is 0.272 e. The number of imidazole rings is 1. The molecule has 2 aromatic heterocycles. The molecular weight excluding hydrogens is 430 g/mol. The molecule has 1 fully saturated rings. The zero-order valence-corrected chi connectivity index (χ0v) is 19.8. The van der Waals surface area contributed by atoms with Crippen LogP contribution in [0.4, 0.5) is 5.69 Å². The van der Waals surface area contributed by atoms with Crippen LogP contribution < -0.4 is 27.1 Å². The Hall–Kier alpha value is -3.68. The van der Waals surface area contributed by atoms with Crippen LogP contribution in [0.15, 0.2) is 40.2 Å². The minimum atomic E-state index is -0.421. The van der Waals surface area contributed by atoms with Gasteiger partial charge in [-0.15, -0.1) is 0 Å². The zero-order chi connectivity index (χ0) is 24.3. The van der Waals surface area contributed by atoms with E-state index >= 15 is 0 Å². The van der Waals surface area contributed by atoms with Crippen molar-refractivity contribution in [3.63, 3.8) is 0 Å². The lowest BCUT2D eigenvalue weighted by Crippen LogP contribution is -2.46. The molecule has 1 saturated carbocycles. The van der Waals surface area contributed by atoms with E-state index in [1.165, 1.54) is 6.42 Å². The number of nitrogens with one attached hydrogen (secondary N) is 4. The van der Waals surface area contributed by atoms with Gasteiger partial charge in [0.25, 0.3) is 11.1 Å². The molecule has 178 valence electrons. The van der Waals surface area contributed by atoms with E-state index in [2.05, 4.69) is 25.3 Å². The highest BCUT2D eigenvalue weighted by Crippen LogP contribution is 2.25. The summed E-state index contributed by atoms with van der Waals surface area (Å²) in [6.07, 6.45) is 9.95. The van der Waals surface area contributed by atoms with E-state index in [4.69, 9.17) is 0 Å². The van der Waals surface area contributed by atoms with Gasteiger partial charge in [-0.05, 0) is 42.7 Å². The summed E-state index contributed by atoms with van der Waals surface area (Å²) in [6, 6.07) is 7.23. The predicted octanol–water partition coefficient (Wildman–Crippen LogP) is 2.26. The van der Waals surface area contributed by atoms with Crippen molar-refractivity contribution in [2.24, 2.45) is 5.92 Å². The fraction of sp³-hybridized carbons (Fsp3) is 0.385. The Balaban J connectivity index is 1.62. The second-order valence-corrected chi connectivity index (χ2v) is 9.89. The Morgan fingerprint density at radius 3 is 2.38 bits per heavy atom. The third kappa shape index (κ3) is 5.44. The van der Waals surface area contributed by atoms with E-state index in [0.29, 0.717) is 16.9 Å². The largest absolute Gasteiger partial charge is 0.348 e. The van der Waals surface area contributed by atoms with E-state index in [-0.39, 0.29) is 27.9 Å². The van der Waals surface area contributed by atoms with Crippen LogP contribution in [0.2, 0.25) is 0 Å². The number of rotatable bonds is 4. The van der Waals surface area contributed by atoms with Gasteiger partial charge in [-0.25, -0.2) is 4.98 Å². The number of carbonyl (C=O) groups excluding carboxylic acids is 1.